The summed E-state index contributed by atoms with van der Waals surface area (Å²) in [6.45, 7) is 4.52. The number of carbonyl (C=O) groups is 5. The molecule has 0 aliphatic carbocycles. The van der Waals surface area contributed by atoms with Crippen LogP contribution in [0.3, 0.4) is 0 Å². The van der Waals surface area contributed by atoms with E-state index in [4.69, 9.17) is 26.7 Å². The number of hydrogen-bond donors (Lipinski definition) is 7. The molecule has 15 nitrogen and oxygen atoms in total. The lowest BCUT2D eigenvalue weighted by Gasteiger charge is -2.32. The zero-order valence-corrected chi connectivity index (χ0v) is 34.7. The van der Waals surface area contributed by atoms with Gasteiger partial charge < -0.3 is 52.6 Å². The molecule has 0 unspecified atom stereocenters. The van der Waals surface area contributed by atoms with Crippen molar-refractivity contribution in [3.63, 3.8) is 0 Å². The highest BCUT2D eigenvalue weighted by Crippen LogP contribution is 2.40. The number of carbonyl (C=O) groups excluding carboxylic acids is 4. The number of ether oxygens (including phenoxy) is 2. The molecule has 1 aliphatic heterocycles. The van der Waals surface area contributed by atoms with E-state index < -0.39 is 47.9 Å². The lowest BCUT2D eigenvalue weighted by Crippen LogP contribution is -2.55. The van der Waals surface area contributed by atoms with Gasteiger partial charge in [0.15, 0.2) is 0 Å². The summed E-state index contributed by atoms with van der Waals surface area (Å²) < 4.78 is 12.1. The Morgan fingerprint density at radius 2 is 1.38 bits per heavy atom. The minimum absolute atomic E-state index is 0.0715. The van der Waals surface area contributed by atoms with E-state index in [0.717, 1.165) is 19.3 Å². The van der Waals surface area contributed by atoms with Crippen molar-refractivity contribution in [2.24, 2.45) is 17.2 Å². The molecule has 2 aromatic rings. The summed E-state index contributed by atoms with van der Waals surface area (Å²) in [7, 11) is 1.45. The molecule has 0 spiro atoms. The Kier molecular flexibility index (Phi) is 21.0. The summed E-state index contributed by atoms with van der Waals surface area (Å²) in [5.41, 5.74) is 19.4. The maximum Gasteiger partial charge on any atom is 0.326 e. The van der Waals surface area contributed by atoms with Crippen LogP contribution in [0.2, 0.25) is 0 Å². The molecule has 322 valence electrons. The third-order valence-corrected chi connectivity index (χ3v) is 10.3. The average molecular weight is 810 g/mol. The van der Waals surface area contributed by atoms with Crippen LogP contribution >= 0.6 is 0 Å². The molecule has 0 saturated heterocycles. The minimum atomic E-state index is -1.33. The number of carboxylic acid groups (broad SMARTS) is 1. The monoisotopic (exact) mass is 810 g/mol. The first-order chi connectivity index (χ1) is 27.9. The van der Waals surface area contributed by atoms with E-state index in [1.807, 2.05) is 0 Å². The highest BCUT2D eigenvalue weighted by Gasteiger charge is 2.36. The molecule has 2 aromatic carbocycles. The molecule has 15 heteroatoms. The first-order valence-electron chi connectivity index (χ1n) is 21.0. The Bertz CT molecular complexity index is 1640. The van der Waals surface area contributed by atoms with Gasteiger partial charge in [-0.2, -0.15) is 0 Å². The smallest absolute Gasteiger partial charge is 0.326 e. The van der Waals surface area contributed by atoms with Crippen LogP contribution in [0.5, 0.6) is 11.5 Å². The first-order valence-corrected chi connectivity index (χ1v) is 21.0. The number of benzene rings is 2. The highest BCUT2D eigenvalue weighted by molar-refractivity contribution is 5.96. The van der Waals surface area contributed by atoms with E-state index in [1.165, 1.54) is 63.8 Å². The number of nitrogens with zero attached hydrogens (tertiary/aromatic N) is 1. The summed E-state index contributed by atoms with van der Waals surface area (Å²) in [4.78, 5) is 68.6. The van der Waals surface area contributed by atoms with Crippen LogP contribution in [0.15, 0.2) is 36.4 Å². The summed E-state index contributed by atoms with van der Waals surface area (Å²) in [5.74, 6) is -2.73. The highest BCUT2D eigenvalue weighted by atomic mass is 16.5. The van der Waals surface area contributed by atoms with Gasteiger partial charge in [0.05, 0.1) is 0 Å². The summed E-state index contributed by atoms with van der Waals surface area (Å²) in [6, 6.07) is 5.29. The van der Waals surface area contributed by atoms with Gasteiger partial charge in [-0.3, -0.25) is 19.2 Å². The molecule has 0 aromatic heterocycles. The maximum absolute atomic E-state index is 14.3. The molecule has 4 bridgehead atoms. The van der Waals surface area contributed by atoms with Crippen LogP contribution in [0.1, 0.15) is 114 Å². The number of aliphatic carboxylic acids is 1. The van der Waals surface area contributed by atoms with Gasteiger partial charge in [-0.05, 0) is 61.7 Å². The van der Waals surface area contributed by atoms with E-state index in [1.54, 1.807) is 36.4 Å². The molecule has 0 fully saturated rings. The third-order valence-electron chi connectivity index (χ3n) is 10.3. The van der Waals surface area contributed by atoms with Crippen LogP contribution < -0.4 is 42.6 Å². The number of unbranched alkanes of at least 4 members (excludes halogenated alkanes) is 10. The van der Waals surface area contributed by atoms with Crippen LogP contribution in [0, 0.1) is 0 Å². The Labute approximate surface area is 343 Å². The first kappa shape index (κ1) is 47.6. The van der Waals surface area contributed by atoms with Gasteiger partial charge in [0.1, 0.15) is 48.9 Å². The number of fused-ring (bicyclic) bond motifs is 5. The summed E-state index contributed by atoms with van der Waals surface area (Å²) in [6.07, 6.45) is 12.9. The second-order valence-corrected chi connectivity index (χ2v) is 15.0. The Hall–Kier alpha value is -4.73. The second-order valence-electron chi connectivity index (χ2n) is 15.0. The number of amides is 4. The van der Waals surface area contributed by atoms with Crippen molar-refractivity contribution in [3.05, 3.63) is 47.5 Å². The van der Waals surface area contributed by atoms with Crippen molar-refractivity contribution in [1.29, 1.82) is 0 Å². The number of rotatable bonds is 24. The molecule has 4 atom stereocenters. The van der Waals surface area contributed by atoms with Crippen molar-refractivity contribution in [2.75, 3.05) is 39.9 Å². The fraction of sp³-hybridized carbons (Fsp3) is 0.605. The molecule has 10 N–H and O–H groups in total. The quantitative estimate of drug-likeness (QED) is 0.0755. The van der Waals surface area contributed by atoms with Crippen LogP contribution in [0.4, 0.5) is 0 Å². The fourth-order valence-corrected chi connectivity index (χ4v) is 7.09. The molecule has 3 rings (SSSR count). The number of carboxylic acids is 1. The van der Waals surface area contributed by atoms with Crippen molar-refractivity contribution in [2.45, 2.75) is 128 Å². The van der Waals surface area contributed by atoms with Crippen LogP contribution in [-0.2, 0) is 30.4 Å². The SMILES string of the molecule is CCCCCCCCCCCCCC(=O)N[C@@H](CCN)C(=O)N(C)[C@@H]1C(=O)N[C@@H](C)C(=O)N[C@H](C(=O)O)Cc2ccc(OCCN)c(c2)-c2cc1ccc2OCCN. The van der Waals surface area contributed by atoms with Gasteiger partial charge in [0.25, 0.3) is 0 Å². The minimum Gasteiger partial charge on any atom is -0.492 e. The fourth-order valence-electron chi connectivity index (χ4n) is 7.09. The lowest BCUT2D eigenvalue weighted by atomic mass is 9.93. The van der Waals surface area contributed by atoms with E-state index in [0.29, 0.717) is 40.2 Å². The van der Waals surface area contributed by atoms with Gasteiger partial charge in [-0.1, -0.05) is 83.3 Å². The van der Waals surface area contributed by atoms with Gasteiger partial charge in [0, 0.05) is 44.1 Å². The zero-order valence-electron chi connectivity index (χ0n) is 34.7. The molecule has 1 aliphatic rings. The Morgan fingerprint density at radius 1 is 0.810 bits per heavy atom. The topological polar surface area (TPSA) is 241 Å². The standard InChI is InChI=1S/C43H67N7O8/c1-4-5-6-7-8-9-10-11-12-13-14-15-38(51)48-34(20-21-44)42(54)50(3)39-31-17-19-37(58-25-23-46)33(28-31)32-26-30(16-18-36(32)57-24-22-45)27-35(43(55)56)49-40(52)29(2)47-41(39)53/h16-19,26,28-29,34-35,39H,4-15,20-25,27,44-46H2,1-3H3,(H,47,53)(H,48,51)(H,49,52)(H,55,56)/t29-,34-,35-,39-/m0/s1. The van der Waals surface area contributed by atoms with E-state index in [2.05, 4.69) is 22.9 Å². The zero-order chi connectivity index (χ0) is 42.5. The van der Waals surface area contributed by atoms with Crippen molar-refractivity contribution >= 4 is 29.6 Å². The molecule has 58 heavy (non-hydrogen) atoms. The molecule has 0 radical (unpaired) electrons. The Morgan fingerprint density at radius 3 is 1.95 bits per heavy atom. The predicted molar refractivity (Wildman–Crippen MR) is 224 cm³/mol. The van der Waals surface area contributed by atoms with Gasteiger partial charge in [-0.25, -0.2) is 4.79 Å². The second kappa shape index (κ2) is 25.6. The largest absolute Gasteiger partial charge is 0.492 e. The van der Waals surface area contributed by atoms with Gasteiger partial charge in [0.2, 0.25) is 23.6 Å². The maximum atomic E-state index is 14.3. The van der Waals surface area contributed by atoms with Gasteiger partial charge in [-0.15, -0.1) is 0 Å². The van der Waals surface area contributed by atoms with E-state index >= 15 is 0 Å². The van der Waals surface area contributed by atoms with Gasteiger partial charge >= 0.3 is 5.97 Å². The third kappa shape index (κ3) is 14.9. The molecule has 0 saturated carbocycles. The van der Waals surface area contributed by atoms with Crippen molar-refractivity contribution in [3.8, 4) is 22.6 Å². The molecular weight excluding hydrogens is 743 g/mol. The Balaban J connectivity index is 1.94. The van der Waals surface area contributed by atoms with Crippen molar-refractivity contribution in [1.82, 2.24) is 20.9 Å². The van der Waals surface area contributed by atoms with E-state index in [9.17, 15) is 29.1 Å². The number of nitrogens with two attached hydrogens (primary N) is 3. The van der Waals surface area contributed by atoms with Crippen LogP contribution in [-0.4, -0.2) is 97.6 Å². The molecule has 4 amide bonds. The molecule has 1 heterocycles. The lowest BCUT2D eigenvalue weighted by molar-refractivity contribution is -0.143. The average Bonchev–Trinajstić information content (AvgIpc) is 3.20. The van der Waals surface area contributed by atoms with E-state index in [-0.39, 0.29) is 58.0 Å². The number of likely N-dealkylation sites (N-methyl/N-ethyl adjacent to an activating group) is 1. The summed E-state index contributed by atoms with van der Waals surface area (Å²) in [5, 5.41) is 18.1. The normalized spacial score (nSPS) is 17.3. The molecular formula is C43H67N7O8. The summed E-state index contributed by atoms with van der Waals surface area (Å²) >= 11 is 0. The van der Waals surface area contributed by atoms with Crippen LogP contribution in [0.25, 0.3) is 11.1 Å². The number of hydrogen-bond acceptors (Lipinski definition) is 10. The predicted octanol–water partition coefficient (Wildman–Crippen LogP) is 3.69. The number of nitrogens with one attached hydrogen (secondary N) is 3. The van der Waals surface area contributed by atoms with Crippen molar-refractivity contribution < 1.29 is 38.6 Å².